The van der Waals surface area contributed by atoms with Gasteiger partial charge in [0.15, 0.2) is 11.2 Å². The fourth-order valence-corrected chi connectivity index (χ4v) is 3.07. The average Bonchev–Trinajstić information content (AvgIpc) is 2.91. The van der Waals surface area contributed by atoms with Gasteiger partial charge in [0, 0.05) is 29.7 Å². The third-order valence-electron chi connectivity index (χ3n) is 4.66. The van der Waals surface area contributed by atoms with Crippen molar-refractivity contribution in [2.24, 2.45) is 22.3 Å². The van der Waals surface area contributed by atoms with Crippen LogP contribution < -0.4 is 16.2 Å². The number of ketones is 1. The molecule has 8 heteroatoms. The molecule has 1 aromatic carbocycles. The van der Waals surface area contributed by atoms with E-state index in [0.717, 1.165) is 0 Å². The molecule has 0 aromatic heterocycles. The Morgan fingerprint density at radius 3 is 2.15 bits per heavy atom. The Morgan fingerprint density at radius 1 is 1.15 bits per heavy atom. The van der Waals surface area contributed by atoms with Gasteiger partial charge in [-0.3, -0.25) is 9.59 Å². The Bertz CT molecular complexity index is 914. The standard InChI is InChI=1S/C18H15N5O3/c1-26-12-4-2-11(3-5-12)14(24)7-18(10-21)15(22)13(16(23)25)6-17(18,8-19)9-20/h2-5H,6-7,22H2,1H3,(H2,23,25)/t18-/m1/s1. The molecule has 1 aliphatic carbocycles. The first-order valence-corrected chi connectivity index (χ1v) is 7.50. The number of nitriles is 3. The van der Waals surface area contributed by atoms with E-state index < -0.39 is 35.4 Å². The molecule has 0 radical (unpaired) electrons. The van der Waals surface area contributed by atoms with E-state index in [1.54, 1.807) is 24.3 Å². The molecular weight excluding hydrogens is 334 g/mol. The van der Waals surface area contributed by atoms with Gasteiger partial charge in [0.25, 0.3) is 0 Å². The van der Waals surface area contributed by atoms with Crippen LogP contribution in [0.15, 0.2) is 35.5 Å². The summed E-state index contributed by atoms with van der Waals surface area (Å²) in [4.78, 5) is 24.3. The third-order valence-corrected chi connectivity index (χ3v) is 4.66. The highest BCUT2D eigenvalue weighted by atomic mass is 16.5. The van der Waals surface area contributed by atoms with Crippen molar-refractivity contribution >= 4 is 11.7 Å². The van der Waals surface area contributed by atoms with E-state index in [-0.39, 0.29) is 16.8 Å². The minimum Gasteiger partial charge on any atom is -0.497 e. The number of nitrogens with two attached hydrogens (primary N) is 2. The van der Waals surface area contributed by atoms with Crippen LogP contribution in [0.1, 0.15) is 23.2 Å². The molecule has 1 aromatic rings. The number of hydrogen-bond acceptors (Lipinski definition) is 7. The molecule has 0 saturated heterocycles. The molecule has 1 aliphatic rings. The molecule has 1 amide bonds. The van der Waals surface area contributed by atoms with E-state index >= 15 is 0 Å². The highest BCUT2D eigenvalue weighted by Crippen LogP contribution is 2.55. The van der Waals surface area contributed by atoms with Gasteiger partial charge in [-0.05, 0) is 24.3 Å². The van der Waals surface area contributed by atoms with Crippen LogP contribution in [0.25, 0.3) is 0 Å². The fraction of sp³-hybridized carbons (Fsp3) is 0.278. The van der Waals surface area contributed by atoms with Crippen molar-refractivity contribution in [2.75, 3.05) is 7.11 Å². The molecule has 0 saturated carbocycles. The largest absolute Gasteiger partial charge is 0.497 e. The molecule has 130 valence electrons. The number of nitrogens with zero attached hydrogens (tertiary/aromatic N) is 3. The Hall–Kier alpha value is -3.83. The van der Waals surface area contributed by atoms with Crippen molar-refractivity contribution in [3.8, 4) is 24.0 Å². The van der Waals surface area contributed by atoms with Gasteiger partial charge in [0.05, 0.1) is 25.3 Å². The normalized spacial score (nSPS) is 20.5. The Kier molecular flexibility index (Phi) is 4.69. The van der Waals surface area contributed by atoms with Gasteiger partial charge in [0.1, 0.15) is 11.2 Å². The number of primary amides is 1. The van der Waals surface area contributed by atoms with Crippen LogP contribution in [-0.4, -0.2) is 18.8 Å². The summed E-state index contributed by atoms with van der Waals surface area (Å²) < 4.78 is 5.02. The molecular formula is C18H15N5O3. The fourth-order valence-electron chi connectivity index (χ4n) is 3.07. The van der Waals surface area contributed by atoms with Crippen LogP contribution in [-0.2, 0) is 4.79 Å². The quantitative estimate of drug-likeness (QED) is 0.745. The van der Waals surface area contributed by atoms with Gasteiger partial charge in [-0.2, -0.15) is 15.8 Å². The highest BCUT2D eigenvalue weighted by molar-refractivity contribution is 5.99. The maximum Gasteiger partial charge on any atom is 0.246 e. The van der Waals surface area contributed by atoms with Crippen molar-refractivity contribution in [1.82, 2.24) is 0 Å². The molecule has 0 aliphatic heterocycles. The summed E-state index contributed by atoms with van der Waals surface area (Å²) >= 11 is 0. The smallest absolute Gasteiger partial charge is 0.246 e. The zero-order valence-corrected chi connectivity index (χ0v) is 13.9. The molecule has 0 fully saturated rings. The van der Waals surface area contributed by atoms with Crippen LogP contribution in [0.3, 0.4) is 0 Å². The Labute approximate surface area is 149 Å². The van der Waals surface area contributed by atoms with E-state index in [1.165, 1.54) is 19.2 Å². The maximum atomic E-state index is 12.7. The monoisotopic (exact) mass is 349 g/mol. The number of amides is 1. The number of ether oxygens (including phenoxy) is 1. The average molecular weight is 349 g/mol. The van der Waals surface area contributed by atoms with Crippen LogP contribution in [0, 0.1) is 44.8 Å². The van der Waals surface area contributed by atoms with Crippen molar-refractivity contribution < 1.29 is 14.3 Å². The van der Waals surface area contributed by atoms with Gasteiger partial charge in [-0.1, -0.05) is 0 Å². The first kappa shape index (κ1) is 18.5. The van der Waals surface area contributed by atoms with Gasteiger partial charge >= 0.3 is 0 Å². The topological polar surface area (TPSA) is 167 Å². The van der Waals surface area contributed by atoms with Gasteiger partial charge in [-0.15, -0.1) is 0 Å². The van der Waals surface area contributed by atoms with Crippen molar-refractivity contribution in [3.05, 3.63) is 41.1 Å². The first-order chi connectivity index (χ1) is 12.3. The zero-order valence-electron chi connectivity index (χ0n) is 13.9. The van der Waals surface area contributed by atoms with E-state index in [1.807, 2.05) is 6.07 Å². The molecule has 0 unspecified atom stereocenters. The van der Waals surface area contributed by atoms with Gasteiger partial charge < -0.3 is 16.2 Å². The van der Waals surface area contributed by atoms with Gasteiger partial charge in [0.2, 0.25) is 5.91 Å². The van der Waals surface area contributed by atoms with E-state index in [0.29, 0.717) is 5.75 Å². The van der Waals surface area contributed by atoms with Crippen molar-refractivity contribution in [2.45, 2.75) is 12.8 Å². The van der Waals surface area contributed by atoms with Crippen LogP contribution in [0.2, 0.25) is 0 Å². The zero-order chi connectivity index (χ0) is 19.5. The lowest BCUT2D eigenvalue weighted by molar-refractivity contribution is -0.114. The summed E-state index contributed by atoms with van der Waals surface area (Å²) in [5, 5.41) is 28.9. The van der Waals surface area contributed by atoms with Crippen LogP contribution in [0.4, 0.5) is 0 Å². The third kappa shape index (κ3) is 2.53. The minimum absolute atomic E-state index is 0.169. The molecule has 2 rings (SSSR count). The summed E-state index contributed by atoms with van der Waals surface area (Å²) in [6, 6.07) is 11.5. The van der Waals surface area contributed by atoms with Crippen LogP contribution in [0.5, 0.6) is 5.75 Å². The molecule has 0 bridgehead atoms. The Morgan fingerprint density at radius 2 is 1.73 bits per heavy atom. The van der Waals surface area contributed by atoms with Crippen molar-refractivity contribution in [3.63, 3.8) is 0 Å². The second kappa shape index (κ2) is 6.58. The number of rotatable bonds is 5. The number of methoxy groups -OCH3 is 1. The second-order valence-electron chi connectivity index (χ2n) is 5.91. The molecule has 1 atom stereocenters. The SMILES string of the molecule is COc1ccc(C(=O)C[C@@]2(C#N)C(N)=C(C(N)=O)CC2(C#N)C#N)cc1. The van der Waals surface area contributed by atoms with Gasteiger partial charge in [-0.25, -0.2) is 0 Å². The Balaban J connectivity index is 2.55. The number of carbonyl (C=O) groups is 2. The minimum atomic E-state index is -1.97. The molecule has 0 heterocycles. The number of hydrogen-bond donors (Lipinski definition) is 2. The maximum absolute atomic E-state index is 12.7. The molecule has 26 heavy (non-hydrogen) atoms. The highest BCUT2D eigenvalue weighted by Gasteiger charge is 2.62. The predicted molar refractivity (Wildman–Crippen MR) is 88.7 cm³/mol. The van der Waals surface area contributed by atoms with E-state index in [9.17, 15) is 25.4 Å². The summed E-state index contributed by atoms with van der Waals surface area (Å²) in [6.45, 7) is 0. The lowest BCUT2D eigenvalue weighted by Crippen LogP contribution is -2.41. The van der Waals surface area contributed by atoms with Crippen molar-refractivity contribution in [1.29, 1.82) is 15.8 Å². The number of benzene rings is 1. The number of allylic oxidation sites excluding steroid dienone is 1. The summed E-state index contributed by atoms with van der Waals surface area (Å²) in [5.41, 5.74) is 7.07. The second-order valence-corrected chi connectivity index (χ2v) is 5.91. The lowest BCUT2D eigenvalue weighted by Gasteiger charge is -2.31. The first-order valence-electron chi connectivity index (χ1n) is 7.50. The predicted octanol–water partition coefficient (Wildman–Crippen LogP) is 0.913. The summed E-state index contributed by atoms with van der Waals surface area (Å²) in [6.07, 6.45) is -0.926. The summed E-state index contributed by atoms with van der Waals surface area (Å²) in [5.74, 6) is -0.889. The number of carbonyl (C=O) groups excluding carboxylic acids is 2. The van der Waals surface area contributed by atoms with E-state index in [4.69, 9.17) is 16.2 Å². The number of Topliss-reactive ketones (excluding diaryl/α,β-unsaturated/α-hetero) is 1. The molecule has 4 N–H and O–H groups in total. The lowest BCUT2D eigenvalue weighted by atomic mass is 9.63. The molecule has 0 spiro atoms. The van der Waals surface area contributed by atoms with Crippen LogP contribution >= 0.6 is 0 Å². The molecule has 8 nitrogen and oxygen atoms in total. The van der Waals surface area contributed by atoms with E-state index in [2.05, 4.69) is 0 Å². The summed E-state index contributed by atoms with van der Waals surface area (Å²) in [7, 11) is 1.48.